The van der Waals surface area contributed by atoms with Gasteiger partial charge in [0.25, 0.3) is 0 Å². The van der Waals surface area contributed by atoms with Gasteiger partial charge in [-0.15, -0.1) is 0 Å². The van der Waals surface area contributed by atoms with E-state index in [0.29, 0.717) is 11.3 Å². The number of allylic oxidation sites excluding steroid dienone is 4. The predicted molar refractivity (Wildman–Crippen MR) is 71.4 cm³/mol. The first-order valence-corrected chi connectivity index (χ1v) is 6.05. The molecule has 0 aliphatic rings. The van der Waals surface area contributed by atoms with Crippen LogP contribution in [0.15, 0.2) is 23.3 Å². The zero-order valence-corrected chi connectivity index (χ0v) is 11.6. The van der Waals surface area contributed by atoms with Gasteiger partial charge in [-0.05, 0) is 43.6 Å². The average molecular weight is 222 g/mol. The van der Waals surface area contributed by atoms with Crippen molar-refractivity contribution >= 4 is 6.29 Å². The van der Waals surface area contributed by atoms with Gasteiger partial charge in [0, 0.05) is 0 Å². The minimum atomic E-state index is 0.399. The maximum atomic E-state index is 10.5. The third-order valence-corrected chi connectivity index (χ3v) is 2.44. The van der Waals surface area contributed by atoms with E-state index < -0.39 is 0 Å². The number of hydrogen-bond acceptors (Lipinski definition) is 1. The summed E-state index contributed by atoms with van der Waals surface area (Å²) < 4.78 is 0. The summed E-state index contributed by atoms with van der Waals surface area (Å²) >= 11 is 0. The van der Waals surface area contributed by atoms with E-state index in [1.54, 1.807) is 0 Å². The molecule has 1 heteroatoms. The molecule has 0 aromatic rings. The number of carbonyl (C=O) groups excluding carboxylic acids is 1. The molecule has 0 saturated heterocycles. The number of aldehydes is 1. The van der Waals surface area contributed by atoms with Gasteiger partial charge in [-0.1, -0.05) is 45.4 Å². The highest BCUT2D eigenvalue weighted by Crippen LogP contribution is 2.26. The summed E-state index contributed by atoms with van der Waals surface area (Å²) in [6.45, 7) is 13.0. The van der Waals surface area contributed by atoms with Crippen LogP contribution in [-0.2, 0) is 4.79 Å². The standard InChI is InChI=1S/C15H26O/c1-12(9-14(3)11-16)7-8-13(2)10-15(4,5)6/h7,9,11,13H,8,10H2,1-6H3. The van der Waals surface area contributed by atoms with Crippen LogP contribution in [0.25, 0.3) is 0 Å². The molecule has 0 aliphatic heterocycles. The van der Waals surface area contributed by atoms with Gasteiger partial charge >= 0.3 is 0 Å². The molecule has 0 aromatic heterocycles. The highest BCUT2D eigenvalue weighted by molar-refractivity contribution is 5.73. The van der Waals surface area contributed by atoms with Gasteiger partial charge in [0.2, 0.25) is 0 Å². The van der Waals surface area contributed by atoms with Crippen LogP contribution >= 0.6 is 0 Å². The van der Waals surface area contributed by atoms with Crippen LogP contribution in [0.3, 0.4) is 0 Å². The van der Waals surface area contributed by atoms with Gasteiger partial charge in [0.05, 0.1) is 0 Å². The van der Waals surface area contributed by atoms with Gasteiger partial charge < -0.3 is 0 Å². The van der Waals surface area contributed by atoms with Crippen LogP contribution in [0.5, 0.6) is 0 Å². The summed E-state index contributed by atoms with van der Waals surface area (Å²) in [5.74, 6) is 0.694. The Morgan fingerprint density at radius 3 is 2.19 bits per heavy atom. The van der Waals surface area contributed by atoms with E-state index in [1.165, 1.54) is 12.0 Å². The van der Waals surface area contributed by atoms with Gasteiger partial charge in [-0.25, -0.2) is 0 Å². The van der Waals surface area contributed by atoms with Crippen molar-refractivity contribution < 1.29 is 4.79 Å². The largest absolute Gasteiger partial charge is 0.298 e. The normalized spacial score (nSPS) is 16.1. The summed E-state index contributed by atoms with van der Waals surface area (Å²) in [5, 5.41) is 0. The Kier molecular flexibility index (Phi) is 6.32. The fraction of sp³-hybridized carbons (Fsp3) is 0.667. The topological polar surface area (TPSA) is 17.1 Å². The van der Waals surface area contributed by atoms with Gasteiger partial charge in [-0.2, -0.15) is 0 Å². The molecule has 0 radical (unpaired) electrons. The lowest BCUT2D eigenvalue weighted by Gasteiger charge is -2.22. The molecule has 1 nitrogen and oxygen atoms in total. The van der Waals surface area contributed by atoms with E-state index in [2.05, 4.69) is 40.7 Å². The second-order valence-corrected chi connectivity index (χ2v) is 6.06. The van der Waals surface area contributed by atoms with Crippen LogP contribution in [0.4, 0.5) is 0 Å². The molecular weight excluding hydrogens is 196 g/mol. The van der Waals surface area contributed by atoms with E-state index in [4.69, 9.17) is 0 Å². The van der Waals surface area contributed by atoms with Crippen LogP contribution in [-0.4, -0.2) is 6.29 Å². The number of carbonyl (C=O) groups is 1. The zero-order chi connectivity index (χ0) is 12.8. The molecule has 0 aromatic carbocycles. The lowest BCUT2D eigenvalue weighted by atomic mass is 9.84. The minimum absolute atomic E-state index is 0.399. The Labute approximate surface area is 101 Å². The first-order chi connectivity index (χ1) is 7.24. The van der Waals surface area contributed by atoms with Crippen molar-refractivity contribution in [1.29, 1.82) is 0 Å². The van der Waals surface area contributed by atoms with Gasteiger partial charge in [0.1, 0.15) is 6.29 Å². The average Bonchev–Trinajstić information content (AvgIpc) is 2.12. The molecular formula is C15H26O. The van der Waals surface area contributed by atoms with Crippen molar-refractivity contribution in [3.05, 3.63) is 23.3 Å². The van der Waals surface area contributed by atoms with Crippen LogP contribution in [0, 0.1) is 11.3 Å². The van der Waals surface area contributed by atoms with Crippen molar-refractivity contribution in [1.82, 2.24) is 0 Å². The highest BCUT2D eigenvalue weighted by atomic mass is 16.1. The fourth-order valence-corrected chi connectivity index (χ4v) is 1.97. The SMILES string of the molecule is CC(=CCC(C)CC(C)(C)C)C=C(C)C=O. The molecule has 0 aliphatic carbocycles. The first kappa shape index (κ1) is 15.2. The van der Waals surface area contributed by atoms with Crippen molar-refractivity contribution in [3.63, 3.8) is 0 Å². The minimum Gasteiger partial charge on any atom is -0.298 e. The second-order valence-electron chi connectivity index (χ2n) is 6.06. The summed E-state index contributed by atoms with van der Waals surface area (Å²) in [4.78, 5) is 10.5. The molecule has 0 bridgehead atoms. The zero-order valence-electron chi connectivity index (χ0n) is 11.6. The molecule has 0 spiro atoms. The van der Waals surface area contributed by atoms with Crippen LogP contribution < -0.4 is 0 Å². The van der Waals surface area contributed by atoms with Gasteiger partial charge in [-0.3, -0.25) is 4.79 Å². The van der Waals surface area contributed by atoms with Gasteiger partial charge in [0.15, 0.2) is 0 Å². The summed E-state index contributed by atoms with van der Waals surface area (Å²) in [6.07, 6.45) is 7.38. The van der Waals surface area contributed by atoms with Crippen molar-refractivity contribution in [2.24, 2.45) is 11.3 Å². The molecule has 0 saturated carbocycles. The number of rotatable bonds is 5. The van der Waals surface area contributed by atoms with E-state index in [0.717, 1.165) is 18.3 Å². The Balaban J connectivity index is 4.22. The molecule has 92 valence electrons. The Hall–Kier alpha value is -0.850. The van der Waals surface area contributed by atoms with Crippen LogP contribution in [0.2, 0.25) is 0 Å². The van der Waals surface area contributed by atoms with Crippen molar-refractivity contribution in [2.75, 3.05) is 0 Å². The summed E-state index contributed by atoms with van der Waals surface area (Å²) in [6, 6.07) is 0. The monoisotopic (exact) mass is 222 g/mol. The van der Waals surface area contributed by atoms with Crippen molar-refractivity contribution in [2.45, 2.75) is 54.4 Å². The molecule has 0 heterocycles. The predicted octanol–water partition coefficient (Wildman–Crippen LogP) is 4.54. The molecule has 0 fully saturated rings. The Morgan fingerprint density at radius 1 is 1.19 bits per heavy atom. The van der Waals surface area contributed by atoms with E-state index in [1.807, 2.05) is 13.0 Å². The molecule has 0 N–H and O–H groups in total. The fourth-order valence-electron chi connectivity index (χ4n) is 1.97. The smallest absolute Gasteiger partial charge is 0.145 e. The lowest BCUT2D eigenvalue weighted by Crippen LogP contribution is -2.10. The Bertz CT molecular complexity index is 276. The lowest BCUT2D eigenvalue weighted by molar-refractivity contribution is -0.104. The maximum Gasteiger partial charge on any atom is 0.145 e. The summed E-state index contributed by atoms with van der Waals surface area (Å²) in [7, 11) is 0. The van der Waals surface area contributed by atoms with E-state index in [-0.39, 0.29) is 0 Å². The molecule has 1 atom stereocenters. The molecule has 16 heavy (non-hydrogen) atoms. The highest BCUT2D eigenvalue weighted by Gasteiger charge is 2.14. The summed E-state index contributed by atoms with van der Waals surface area (Å²) in [5.41, 5.74) is 2.37. The number of hydrogen-bond donors (Lipinski definition) is 0. The third-order valence-electron chi connectivity index (χ3n) is 2.44. The third kappa shape index (κ3) is 8.46. The quantitative estimate of drug-likeness (QED) is 0.379. The van der Waals surface area contributed by atoms with E-state index in [9.17, 15) is 4.79 Å². The molecule has 1 unspecified atom stereocenters. The molecule has 0 amide bonds. The van der Waals surface area contributed by atoms with E-state index >= 15 is 0 Å². The first-order valence-electron chi connectivity index (χ1n) is 6.05. The molecule has 0 rings (SSSR count). The van der Waals surface area contributed by atoms with Crippen LogP contribution in [0.1, 0.15) is 54.4 Å². The maximum absolute atomic E-state index is 10.5. The second kappa shape index (κ2) is 6.67. The Morgan fingerprint density at radius 2 is 1.75 bits per heavy atom. The van der Waals surface area contributed by atoms with Crippen molar-refractivity contribution in [3.8, 4) is 0 Å².